The van der Waals surface area contributed by atoms with E-state index in [1.165, 1.54) is 6.42 Å². The predicted octanol–water partition coefficient (Wildman–Crippen LogP) is 3.59. The molecule has 0 spiro atoms. The van der Waals surface area contributed by atoms with Crippen molar-refractivity contribution in [2.45, 2.75) is 38.8 Å². The maximum atomic E-state index is 12.9. The van der Waals surface area contributed by atoms with Gasteiger partial charge in [-0.05, 0) is 32.3 Å². The Morgan fingerprint density at radius 2 is 2.19 bits per heavy atom. The van der Waals surface area contributed by atoms with Gasteiger partial charge in [-0.2, -0.15) is 0 Å². The Morgan fingerprint density at radius 3 is 2.95 bits per heavy atom. The number of benzene rings is 1. The summed E-state index contributed by atoms with van der Waals surface area (Å²) in [5, 5.41) is 0.965. The van der Waals surface area contributed by atoms with Gasteiger partial charge >= 0.3 is 0 Å². The van der Waals surface area contributed by atoms with E-state index in [2.05, 4.69) is 6.92 Å². The second-order valence-corrected chi connectivity index (χ2v) is 5.68. The van der Waals surface area contributed by atoms with Crippen LogP contribution in [0.25, 0.3) is 11.0 Å². The third-order valence-corrected chi connectivity index (χ3v) is 4.25. The summed E-state index contributed by atoms with van der Waals surface area (Å²) >= 11 is 0. The highest BCUT2D eigenvalue weighted by Crippen LogP contribution is 2.29. The SMILES string of the molecule is COCc1c(C(=O)N2CCCCC2C)oc2ccccc12. The molecule has 1 unspecified atom stereocenters. The zero-order chi connectivity index (χ0) is 14.8. The summed E-state index contributed by atoms with van der Waals surface area (Å²) in [6.07, 6.45) is 3.32. The molecule has 0 saturated carbocycles. The Morgan fingerprint density at radius 1 is 1.38 bits per heavy atom. The molecular formula is C17H21NO3. The normalized spacial score (nSPS) is 19.1. The third kappa shape index (κ3) is 2.56. The smallest absolute Gasteiger partial charge is 0.290 e. The van der Waals surface area contributed by atoms with E-state index >= 15 is 0 Å². The number of nitrogens with zero attached hydrogens (tertiary/aromatic N) is 1. The summed E-state index contributed by atoms with van der Waals surface area (Å²) in [6.45, 7) is 3.31. The molecule has 4 heteroatoms. The average Bonchev–Trinajstić information content (AvgIpc) is 2.87. The lowest BCUT2D eigenvalue weighted by Gasteiger charge is -2.32. The van der Waals surface area contributed by atoms with Gasteiger partial charge in [-0.15, -0.1) is 0 Å². The Kier molecular flexibility index (Phi) is 3.97. The van der Waals surface area contributed by atoms with Gasteiger partial charge in [0.1, 0.15) is 5.58 Å². The number of likely N-dealkylation sites (tertiary alicyclic amines) is 1. The lowest BCUT2D eigenvalue weighted by atomic mass is 10.0. The second-order valence-electron chi connectivity index (χ2n) is 5.68. The zero-order valence-corrected chi connectivity index (χ0v) is 12.6. The molecule has 112 valence electrons. The summed E-state index contributed by atoms with van der Waals surface area (Å²) < 4.78 is 11.1. The number of carbonyl (C=O) groups is 1. The molecule has 0 aliphatic carbocycles. The highest BCUT2D eigenvalue weighted by Gasteiger charge is 2.29. The maximum absolute atomic E-state index is 12.9. The van der Waals surface area contributed by atoms with Crippen LogP contribution < -0.4 is 0 Å². The number of piperidine rings is 1. The standard InChI is InChI=1S/C17H21NO3/c1-12-7-5-6-10-18(12)17(19)16-14(11-20-2)13-8-3-4-9-15(13)21-16/h3-4,8-9,12H,5-7,10-11H2,1-2H3. The molecule has 1 aromatic carbocycles. The number of amides is 1. The van der Waals surface area contributed by atoms with Crippen molar-refractivity contribution in [3.63, 3.8) is 0 Å². The molecule has 0 N–H and O–H groups in total. The van der Waals surface area contributed by atoms with Crippen molar-refractivity contribution < 1.29 is 13.9 Å². The number of hydrogen-bond acceptors (Lipinski definition) is 3. The molecule has 1 atom stereocenters. The summed E-state index contributed by atoms with van der Waals surface area (Å²) in [4.78, 5) is 14.8. The molecule has 4 nitrogen and oxygen atoms in total. The first-order valence-corrected chi connectivity index (χ1v) is 7.52. The van der Waals surface area contributed by atoms with Crippen molar-refractivity contribution in [3.8, 4) is 0 Å². The fourth-order valence-corrected chi connectivity index (χ4v) is 3.09. The molecule has 1 amide bonds. The fourth-order valence-electron chi connectivity index (χ4n) is 3.09. The van der Waals surface area contributed by atoms with Gasteiger partial charge in [-0.25, -0.2) is 0 Å². The first-order chi connectivity index (χ1) is 10.2. The quantitative estimate of drug-likeness (QED) is 0.866. The molecule has 21 heavy (non-hydrogen) atoms. The van der Waals surface area contributed by atoms with Crippen LogP contribution in [0.5, 0.6) is 0 Å². The molecule has 1 aliphatic rings. The van der Waals surface area contributed by atoms with Crippen LogP contribution in [0.4, 0.5) is 0 Å². The summed E-state index contributed by atoms with van der Waals surface area (Å²) in [5.41, 5.74) is 1.61. The molecule has 3 rings (SSSR count). The second kappa shape index (κ2) is 5.90. The lowest BCUT2D eigenvalue weighted by Crippen LogP contribution is -2.42. The van der Waals surface area contributed by atoms with E-state index in [1.807, 2.05) is 29.2 Å². The van der Waals surface area contributed by atoms with Crippen LogP contribution in [0.2, 0.25) is 0 Å². The number of hydrogen-bond donors (Lipinski definition) is 0. The van der Waals surface area contributed by atoms with E-state index in [-0.39, 0.29) is 11.9 Å². The van der Waals surface area contributed by atoms with Gasteiger partial charge in [-0.1, -0.05) is 18.2 Å². The van der Waals surface area contributed by atoms with Crippen LogP contribution in [0.1, 0.15) is 42.3 Å². The first kappa shape index (κ1) is 14.1. The Hall–Kier alpha value is -1.81. The largest absolute Gasteiger partial charge is 0.451 e. The van der Waals surface area contributed by atoms with Gasteiger partial charge < -0.3 is 14.1 Å². The topological polar surface area (TPSA) is 42.7 Å². The summed E-state index contributed by atoms with van der Waals surface area (Å²) in [5.74, 6) is 0.428. The van der Waals surface area contributed by atoms with E-state index in [9.17, 15) is 4.79 Å². The minimum atomic E-state index is -0.00884. The zero-order valence-electron chi connectivity index (χ0n) is 12.6. The first-order valence-electron chi connectivity index (χ1n) is 7.52. The minimum absolute atomic E-state index is 0.00884. The highest BCUT2D eigenvalue weighted by atomic mass is 16.5. The van der Waals surface area contributed by atoms with Crippen LogP contribution >= 0.6 is 0 Å². The minimum Gasteiger partial charge on any atom is -0.451 e. The third-order valence-electron chi connectivity index (χ3n) is 4.25. The van der Waals surface area contributed by atoms with Crippen molar-refractivity contribution >= 4 is 16.9 Å². The van der Waals surface area contributed by atoms with Crippen molar-refractivity contribution in [1.82, 2.24) is 4.90 Å². The molecule has 1 aliphatic heterocycles. The Labute approximate surface area is 124 Å². The van der Waals surface area contributed by atoms with Gasteiger partial charge in [0.25, 0.3) is 5.91 Å². The molecule has 1 fully saturated rings. The Bertz CT molecular complexity index is 647. The molecule has 1 aromatic heterocycles. The number of furan rings is 1. The van der Waals surface area contributed by atoms with Crippen molar-refractivity contribution in [3.05, 3.63) is 35.6 Å². The fraction of sp³-hybridized carbons (Fsp3) is 0.471. The number of fused-ring (bicyclic) bond motifs is 1. The molecule has 2 heterocycles. The molecule has 1 saturated heterocycles. The van der Waals surface area contributed by atoms with Gasteiger partial charge in [0.05, 0.1) is 6.61 Å². The van der Waals surface area contributed by atoms with E-state index in [0.29, 0.717) is 12.4 Å². The number of rotatable bonds is 3. The van der Waals surface area contributed by atoms with Crippen molar-refractivity contribution in [1.29, 1.82) is 0 Å². The van der Waals surface area contributed by atoms with E-state index in [1.54, 1.807) is 7.11 Å². The number of ether oxygens (including phenoxy) is 1. The predicted molar refractivity (Wildman–Crippen MR) is 81.3 cm³/mol. The summed E-state index contributed by atoms with van der Waals surface area (Å²) in [7, 11) is 1.64. The van der Waals surface area contributed by atoms with Crippen LogP contribution in [-0.4, -0.2) is 30.5 Å². The molecule has 0 radical (unpaired) electrons. The van der Waals surface area contributed by atoms with E-state index in [4.69, 9.17) is 9.15 Å². The van der Waals surface area contributed by atoms with E-state index < -0.39 is 0 Å². The van der Waals surface area contributed by atoms with Gasteiger partial charge in [0.15, 0.2) is 5.76 Å². The van der Waals surface area contributed by atoms with Crippen LogP contribution in [0, 0.1) is 0 Å². The van der Waals surface area contributed by atoms with Crippen LogP contribution in [-0.2, 0) is 11.3 Å². The monoisotopic (exact) mass is 287 g/mol. The van der Waals surface area contributed by atoms with Gasteiger partial charge in [0.2, 0.25) is 0 Å². The Balaban J connectivity index is 2.02. The number of para-hydroxylation sites is 1. The van der Waals surface area contributed by atoms with E-state index in [0.717, 1.165) is 35.9 Å². The van der Waals surface area contributed by atoms with Gasteiger partial charge in [-0.3, -0.25) is 4.79 Å². The van der Waals surface area contributed by atoms with Crippen molar-refractivity contribution in [2.75, 3.05) is 13.7 Å². The molecule has 2 aromatic rings. The van der Waals surface area contributed by atoms with Crippen LogP contribution in [0.15, 0.2) is 28.7 Å². The molecular weight excluding hydrogens is 266 g/mol. The van der Waals surface area contributed by atoms with Gasteiger partial charge in [0, 0.05) is 30.6 Å². The lowest BCUT2D eigenvalue weighted by molar-refractivity contribution is 0.0599. The van der Waals surface area contributed by atoms with Crippen LogP contribution in [0.3, 0.4) is 0 Å². The highest BCUT2D eigenvalue weighted by molar-refractivity contribution is 5.99. The number of methoxy groups -OCH3 is 1. The average molecular weight is 287 g/mol. The molecule has 0 bridgehead atoms. The van der Waals surface area contributed by atoms with Crippen molar-refractivity contribution in [2.24, 2.45) is 0 Å². The maximum Gasteiger partial charge on any atom is 0.290 e. The summed E-state index contributed by atoms with van der Waals surface area (Å²) in [6, 6.07) is 8.01. The number of carbonyl (C=O) groups excluding carboxylic acids is 1.